The molecule has 0 atom stereocenters. The number of ketones is 1. The number of aryl methyl sites for hydroxylation is 1. The van der Waals surface area contributed by atoms with E-state index in [0.717, 1.165) is 16.8 Å². The molecule has 0 unspecified atom stereocenters. The van der Waals surface area contributed by atoms with Gasteiger partial charge in [0.25, 0.3) is 0 Å². The molecule has 1 N–H and O–H groups in total. The Balaban J connectivity index is 0.000000364. The van der Waals surface area contributed by atoms with Crippen LogP contribution in [0, 0.1) is 23.8 Å². The molecule has 0 aliphatic carbocycles. The fraction of sp³-hybridized carbons (Fsp3) is 0.400. The Kier molecular flexibility index (Phi) is 10.4. The summed E-state index contributed by atoms with van der Waals surface area (Å²) in [7, 11) is 0. The first-order chi connectivity index (χ1) is 15.2. The maximum absolute atomic E-state index is 11.5. The van der Waals surface area contributed by atoms with E-state index in [1.54, 1.807) is 0 Å². The summed E-state index contributed by atoms with van der Waals surface area (Å²) in [6.07, 6.45) is 1.33. The van der Waals surface area contributed by atoms with Gasteiger partial charge in [-0.2, -0.15) is 0 Å². The summed E-state index contributed by atoms with van der Waals surface area (Å²) in [5.41, 5.74) is 4.85. The zero-order valence-corrected chi connectivity index (χ0v) is 24.3. The second-order valence-electron chi connectivity index (χ2n) is 10.9. The van der Waals surface area contributed by atoms with Crippen molar-refractivity contribution in [1.29, 1.82) is 0 Å². The van der Waals surface area contributed by atoms with Crippen molar-refractivity contribution < 1.29 is 30.0 Å². The number of pyridine rings is 1. The van der Waals surface area contributed by atoms with Crippen LogP contribution >= 0.6 is 0 Å². The Hall–Kier alpha value is -2.29. The number of nitrogens with zero attached hydrogens (tertiary/aromatic N) is 1. The van der Waals surface area contributed by atoms with Gasteiger partial charge in [-0.3, -0.25) is 9.78 Å². The molecule has 1 heterocycles. The average Bonchev–Trinajstić information content (AvgIpc) is 2.72. The summed E-state index contributed by atoms with van der Waals surface area (Å²) in [6, 6.07) is 20.2. The van der Waals surface area contributed by atoms with Crippen molar-refractivity contribution in [2.75, 3.05) is 0 Å². The van der Waals surface area contributed by atoms with E-state index in [1.807, 2.05) is 53.7 Å². The van der Waals surface area contributed by atoms with Crippen molar-refractivity contribution in [2.45, 2.75) is 68.2 Å². The van der Waals surface area contributed by atoms with Crippen LogP contribution in [-0.2, 0) is 24.9 Å². The number of hydrogen-bond donors (Lipinski definition) is 1. The molecule has 3 rings (SSSR count). The number of para-hydroxylation sites is 1. The second-order valence-corrected chi connectivity index (χ2v) is 10.9. The van der Waals surface area contributed by atoms with Crippen LogP contribution in [0.25, 0.3) is 22.2 Å². The third-order valence-corrected chi connectivity index (χ3v) is 5.34. The van der Waals surface area contributed by atoms with Crippen molar-refractivity contribution in [2.24, 2.45) is 10.8 Å². The van der Waals surface area contributed by atoms with Crippen molar-refractivity contribution in [1.82, 2.24) is 4.98 Å². The number of aromatic nitrogens is 1. The fourth-order valence-electron chi connectivity index (χ4n) is 2.99. The average molecular weight is 637 g/mol. The van der Waals surface area contributed by atoms with Crippen LogP contribution in [0.2, 0.25) is 0 Å². The maximum Gasteiger partial charge on any atom is 0.164 e. The van der Waals surface area contributed by atoms with Gasteiger partial charge >= 0.3 is 0 Å². The molecule has 0 bridgehead atoms. The predicted molar refractivity (Wildman–Crippen MR) is 139 cm³/mol. The quantitative estimate of drug-likeness (QED) is 0.179. The first-order valence-corrected chi connectivity index (χ1v) is 11.5. The third-order valence-electron chi connectivity index (χ3n) is 5.34. The maximum atomic E-state index is 11.5. The third kappa shape index (κ3) is 8.49. The molecule has 0 aliphatic rings. The Bertz CT molecular complexity index is 1150. The number of fused-ring (bicyclic) bond motifs is 1. The number of aliphatic hydroxyl groups excluding tert-OH is 1. The molecule has 1 aromatic heterocycles. The molecule has 0 spiro atoms. The molecule has 3 aromatic rings. The Morgan fingerprint density at radius 3 is 2.15 bits per heavy atom. The monoisotopic (exact) mass is 637 g/mol. The van der Waals surface area contributed by atoms with Crippen LogP contribution in [0.3, 0.4) is 0 Å². The molecule has 0 fully saturated rings. The van der Waals surface area contributed by atoms with E-state index in [-0.39, 0.29) is 37.1 Å². The van der Waals surface area contributed by atoms with Crippen molar-refractivity contribution in [3.63, 3.8) is 0 Å². The van der Waals surface area contributed by atoms with Gasteiger partial charge in [0.1, 0.15) is 5.76 Å². The first-order valence-electron chi connectivity index (χ1n) is 11.5. The minimum Gasteiger partial charge on any atom is -0.512 e. The van der Waals surface area contributed by atoms with Gasteiger partial charge < -0.3 is 5.11 Å². The van der Waals surface area contributed by atoms with Gasteiger partial charge in [0.2, 0.25) is 0 Å². The summed E-state index contributed by atoms with van der Waals surface area (Å²) in [6.45, 7) is 17.6. The Morgan fingerprint density at radius 2 is 1.59 bits per heavy atom. The van der Waals surface area contributed by atoms with E-state index in [9.17, 15) is 9.90 Å². The molecule has 34 heavy (non-hydrogen) atoms. The largest absolute Gasteiger partial charge is 0.512 e. The predicted octanol–water partition coefficient (Wildman–Crippen LogP) is 8.22. The molecule has 0 aliphatic heterocycles. The summed E-state index contributed by atoms with van der Waals surface area (Å²) >= 11 is 0. The van der Waals surface area contributed by atoms with E-state index in [2.05, 4.69) is 63.2 Å². The summed E-state index contributed by atoms with van der Waals surface area (Å²) < 4.78 is 0. The van der Waals surface area contributed by atoms with Crippen molar-refractivity contribution in [3.8, 4) is 11.3 Å². The number of carbonyl (C=O) groups is 1. The van der Waals surface area contributed by atoms with Crippen LogP contribution in [0.15, 0.2) is 60.4 Å². The Labute approximate surface area is 219 Å². The van der Waals surface area contributed by atoms with E-state index in [4.69, 9.17) is 4.98 Å². The van der Waals surface area contributed by atoms with Gasteiger partial charge in [-0.05, 0) is 23.1 Å². The zero-order valence-electron chi connectivity index (χ0n) is 21.9. The summed E-state index contributed by atoms with van der Waals surface area (Å²) in [5, 5.41) is 10.7. The van der Waals surface area contributed by atoms with Crippen molar-refractivity contribution >= 4 is 16.7 Å². The van der Waals surface area contributed by atoms with Crippen LogP contribution in [0.1, 0.15) is 72.4 Å². The molecule has 0 amide bonds. The van der Waals surface area contributed by atoms with Crippen LogP contribution in [0.4, 0.5) is 0 Å². The van der Waals surface area contributed by atoms with Gasteiger partial charge in [0, 0.05) is 37.0 Å². The number of carbonyl (C=O) groups excluding carboxylic acids is 1. The second kappa shape index (κ2) is 11.9. The molecule has 185 valence electrons. The smallest absolute Gasteiger partial charge is 0.164 e. The van der Waals surface area contributed by atoms with Crippen molar-refractivity contribution in [3.05, 3.63) is 77.6 Å². The fourth-order valence-corrected chi connectivity index (χ4v) is 2.99. The van der Waals surface area contributed by atoms with Crippen LogP contribution in [0.5, 0.6) is 0 Å². The molecule has 0 saturated heterocycles. The molecule has 4 heteroatoms. The SMILES string of the molecule is CC(C)(C)C(=O)/C=C(\O)C(C)(C)C.Cc1[c-]c(-c2ccc3ccccc3n2)cc(C(C)C)c1.[Ir]. The van der Waals surface area contributed by atoms with E-state index >= 15 is 0 Å². The zero-order chi connectivity index (χ0) is 25.0. The number of allylic oxidation sites excluding steroid dienone is 2. The van der Waals surface area contributed by atoms with E-state index < -0.39 is 5.41 Å². The van der Waals surface area contributed by atoms with E-state index in [1.165, 1.54) is 22.6 Å². The molecular weight excluding hydrogens is 599 g/mol. The van der Waals surface area contributed by atoms with Gasteiger partial charge in [-0.1, -0.05) is 92.6 Å². The van der Waals surface area contributed by atoms with Gasteiger partial charge in [0.15, 0.2) is 5.78 Å². The van der Waals surface area contributed by atoms with Gasteiger partial charge in [-0.25, -0.2) is 0 Å². The minimum atomic E-state index is -0.417. The number of hydrogen-bond acceptors (Lipinski definition) is 3. The summed E-state index contributed by atoms with van der Waals surface area (Å²) in [5.74, 6) is 0.620. The molecular formula is C30H38IrNO2-. The topological polar surface area (TPSA) is 50.2 Å². The number of benzene rings is 2. The molecule has 3 nitrogen and oxygen atoms in total. The number of rotatable bonds is 3. The van der Waals surface area contributed by atoms with Gasteiger partial charge in [0.05, 0.1) is 5.52 Å². The Morgan fingerprint density at radius 1 is 0.971 bits per heavy atom. The molecule has 1 radical (unpaired) electrons. The first kappa shape index (κ1) is 29.7. The summed E-state index contributed by atoms with van der Waals surface area (Å²) in [4.78, 5) is 16.2. The van der Waals surface area contributed by atoms with Crippen LogP contribution in [-0.4, -0.2) is 15.9 Å². The van der Waals surface area contributed by atoms with Gasteiger partial charge in [-0.15, -0.1) is 34.9 Å². The van der Waals surface area contributed by atoms with Crippen LogP contribution < -0.4 is 0 Å². The standard InChI is InChI=1S/C19H18N.C11H20O2.Ir/c1-13(2)16-10-14(3)11-17(12-16)19-9-8-15-6-4-5-7-18(15)20-19;1-10(2,3)8(12)7-9(13)11(4,5)6;/h4-10,12-13H,1-3H3;7,12H,1-6H3;/q-1;;/b;8-7-;. The normalized spacial score (nSPS) is 12.1. The minimum absolute atomic E-state index is 0. The van der Waals surface area contributed by atoms with E-state index in [0.29, 0.717) is 5.92 Å². The molecule has 0 saturated carbocycles. The number of aliphatic hydroxyl groups is 1. The molecule has 2 aromatic carbocycles.